The van der Waals surface area contributed by atoms with E-state index in [0.717, 1.165) is 5.56 Å². The second-order valence-corrected chi connectivity index (χ2v) is 10.1. The fourth-order valence-electron chi connectivity index (χ4n) is 2.95. The molecule has 2 rings (SSSR count). The summed E-state index contributed by atoms with van der Waals surface area (Å²) in [5.74, 6) is -0.588. The third-order valence-electron chi connectivity index (χ3n) is 4.32. The molecule has 0 aromatic heterocycles. The van der Waals surface area contributed by atoms with E-state index in [0.29, 0.717) is 12.2 Å². The molecule has 1 amide bonds. The van der Waals surface area contributed by atoms with Crippen LogP contribution in [0.1, 0.15) is 64.5 Å². The molecule has 0 bridgehead atoms. The van der Waals surface area contributed by atoms with Crippen LogP contribution in [0.5, 0.6) is 0 Å². The second-order valence-electron chi connectivity index (χ2n) is 8.95. The molecule has 138 valence electrons. The first kappa shape index (κ1) is 19.8. The van der Waals surface area contributed by atoms with Crippen molar-refractivity contribution >= 4 is 23.6 Å². The first-order valence-corrected chi connectivity index (χ1v) is 9.71. The van der Waals surface area contributed by atoms with Crippen LogP contribution in [-0.2, 0) is 15.0 Å². The van der Waals surface area contributed by atoms with Gasteiger partial charge in [0.05, 0.1) is 0 Å². The van der Waals surface area contributed by atoms with Crippen molar-refractivity contribution in [3.8, 4) is 0 Å². The Kier molecular flexibility index (Phi) is 5.57. The highest BCUT2D eigenvalue weighted by Crippen LogP contribution is 2.43. The summed E-state index contributed by atoms with van der Waals surface area (Å²) in [5.41, 5.74) is 2.10. The molecule has 1 aromatic rings. The molecule has 4 nitrogen and oxygen atoms in total. The number of carbonyl (C=O) groups excluding carboxylic acids is 1. The first-order valence-electron chi connectivity index (χ1n) is 8.66. The summed E-state index contributed by atoms with van der Waals surface area (Å²) in [6.45, 7) is 12.5. The van der Waals surface area contributed by atoms with Crippen molar-refractivity contribution in [2.45, 2.75) is 64.8 Å². The molecule has 1 aromatic carbocycles. The largest absolute Gasteiger partial charge is 0.480 e. The van der Waals surface area contributed by atoms with E-state index in [2.05, 4.69) is 32.9 Å². The molecule has 0 spiro atoms. The van der Waals surface area contributed by atoms with Crippen molar-refractivity contribution < 1.29 is 14.7 Å². The minimum absolute atomic E-state index is 0.0622. The number of nitrogens with zero attached hydrogens (tertiary/aromatic N) is 1. The Bertz CT molecular complexity index is 640. The number of aliphatic carboxylic acids is 1. The molecular formula is C20H29NO3S. The Morgan fingerprint density at radius 3 is 2.12 bits per heavy atom. The van der Waals surface area contributed by atoms with E-state index in [1.807, 2.05) is 32.9 Å². The third-order valence-corrected chi connectivity index (χ3v) is 5.64. The Hall–Kier alpha value is -1.49. The number of rotatable bonds is 3. The van der Waals surface area contributed by atoms with Gasteiger partial charge >= 0.3 is 5.97 Å². The number of amides is 1. The Morgan fingerprint density at radius 1 is 1.12 bits per heavy atom. The van der Waals surface area contributed by atoms with E-state index in [1.165, 1.54) is 17.3 Å². The number of carboxylic acid groups (broad SMARTS) is 1. The SMILES string of the molecule is CC(C)(C)CC(=O)N1C(C(=O)O)CSC1c1ccc(C(C)(C)C)cc1. The maximum Gasteiger partial charge on any atom is 0.327 e. The van der Waals surface area contributed by atoms with Gasteiger partial charge < -0.3 is 10.0 Å². The average molecular weight is 364 g/mol. The highest BCUT2D eigenvalue weighted by molar-refractivity contribution is 7.99. The minimum atomic E-state index is -0.927. The lowest BCUT2D eigenvalue weighted by Gasteiger charge is -2.31. The molecular weight excluding hydrogens is 334 g/mol. The van der Waals surface area contributed by atoms with Crippen molar-refractivity contribution in [2.24, 2.45) is 5.41 Å². The predicted molar refractivity (Wildman–Crippen MR) is 103 cm³/mol. The van der Waals surface area contributed by atoms with Gasteiger partial charge in [0.1, 0.15) is 11.4 Å². The zero-order valence-electron chi connectivity index (χ0n) is 16.0. The van der Waals surface area contributed by atoms with Gasteiger partial charge in [-0.05, 0) is 22.0 Å². The molecule has 2 unspecified atom stereocenters. The van der Waals surface area contributed by atoms with Crippen LogP contribution in [0.2, 0.25) is 0 Å². The Labute approximate surface area is 155 Å². The van der Waals surface area contributed by atoms with Crippen LogP contribution >= 0.6 is 11.8 Å². The smallest absolute Gasteiger partial charge is 0.327 e. The van der Waals surface area contributed by atoms with Gasteiger partial charge in [-0.3, -0.25) is 4.79 Å². The van der Waals surface area contributed by atoms with E-state index in [9.17, 15) is 14.7 Å². The summed E-state index contributed by atoms with van der Waals surface area (Å²) in [7, 11) is 0. The van der Waals surface area contributed by atoms with Crippen LogP contribution in [0.3, 0.4) is 0 Å². The van der Waals surface area contributed by atoms with Crippen LogP contribution in [0.25, 0.3) is 0 Å². The minimum Gasteiger partial charge on any atom is -0.480 e. The normalized spacial score (nSPS) is 21.4. The van der Waals surface area contributed by atoms with Gasteiger partial charge in [-0.1, -0.05) is 65.8 Å². The first-order chi connectivity index (χ1) is 11.4. The van der Waals surface area contributed by atoms with Gasteiger partial charge in [0.15, 0.2) is 0 Å². The molecule has 1 aliphatic heterocycles. The number of thioether (sulfide) groups is 1. The van der Waals surface area contributed by atoms with E-state index in [4.69, 9.17) is 0 Å². The zero-order valence-corrected chi connectivity index (χ0v) is 16.8. The molecule has 1 fully saturated rings. The van der Waals surface area contributed by atoms with Crippen molar-refractivity contribution in [1.82, 2.24) is 4.90 Å². The van der Waals surface area contributed by atoms with Crippen molar-refractivity contribution in [2.75, 3.05) is 5.75 Å². The maximum atomic E-state index is 12.8. The molecule has 1 heterocycles. The molecule has 0 radical (unpaired) electrons. The number of hydrogen-bond donors (Lipinski definition) is 1. The predicted octanol–water partition coefficient (Wildman–Crippen LogP) is 4.45. The number of carbonyl (C=O) groups is 2. The molecule has 1 saturated heterocycles. The van der Waals surface area contributed by atoms with Gasteiger partial charge in [0.2, 0.25) is 5.91 Å². The summed E-state index contributed by atoms with van der Waals surface area (Å²) in [6, 6.07) is 7.46. The summed E-state index contributed by atoms with van der Waals surface area (Å²) >= 11 is 1.53. The lowest BCUT2D eigenvalue weighted by Crippen LogP contribution is -2.44. The fourth-order valence-corrected chi connectivity index (χ4v) is 4.39. The monoisotopic (exact) mass is 363 g/mol. The van der Waals surface area contributed by atoms with Crippen molar-refractivity contribution in [3.63, 3.8) is 0 Å². The Morgan fingerprint density at radius 2 is 1.68 bits per heavy atom. The number of hydrogen-bond acceptors (Lipinski definition) is 3. The summed E-state index contributed by atoms with van der Waals surface area (Å²) in [6.07, 6.45) is 0.341. The van der Waals surface area contributed by atoms with Crippen molar-refractivity contribution in [1.29, 1.82) is 0 Å². The van der Waals surface area contributed by atoms with Crippen LogP contribution < -0.4 is 0 Å². The summed E-state index contributed by atoms with van der Waals surface area (Å²) in [4.78, 5) is 26.0. The molecule has 0 aliphatic carbocycles. The van der Waals surface area contributed by atoms with Gasteiger partial charge in [0, 0.05) is 12.2 Å². The molecule has 1 aliphatic rings. The standard InChI is InChI=1S/C20H29NO3S/c1-19(2,3)11-16(22)21-15(18(23)24)12-25-17(21)13-7-9-14(10-8-13)20(4,5)6/h7-10,15,17H,11-12H2,1-6H3,(H,23,24). The second kappa shape index (κ2) is 7.02. The highest BCUT2D eigenvalue weighted by Gasteiger charge is 2.43. The quantitative estimate of drug-likeness (QED) is 0.862. The molecule has 1 N–H and O–H groups in total. The van der Waals surface area contributed by atoms with E-state index < -0.39 is 12.0 Å². The molecule has 5 heteroatoms. The van der Waals surface area contributed by atoms with Crippen LogP contribution in [-0.4, -0.2) is 33.7 Å². The molecule has 2 atom stereocenters. The molecule has 25 heavy (non-hydrogen) atoms. The number of benzene rings is 1. The maximum absolute atomic E-state index is 12.8. The van der Waals surface area contributed by atoms with Crippen LogP contribution in [0.15, 0.2) is 24.3 Å². The van der Waals surface area contributed by atoms with Gasteiger partial charge in [0.25, 0.3) is 0 Å². The van der Waals surface area contributed by atoms with Gasteiger partial charge in [-0.2, -0.15) is 0 Å². The Balaban J connectivity index is 2.31. The number of carboxylic acids is 1. The van der Waals surface area contributed by atoms with E-state index >= 15 is 0 Å². The van der Waals surface area contributed by atoms with E-state index in [1.54, 1.807) is 4.90 Å². The average Bonchev–Trinajstić information content (AvgIpc) is 2.89. The highest BCUT2D eigenvalue weighted by atomic mass is 32.2. The van der Waals surface area contributed by atoms with Crippen molar-refractivity contribution in [3.05, 3.63) is 35.4 Å². The van der Waals surface area contributed by atoms with Crippen LogP contribution in [0, 0.1) is 5.41 Å². The topological polar surface area (TPSA) is 57.6 Å². The van der Waals surface area contributed by atoms with Gasteiger partial charge in [-0.25, -0.2) is 4.79 Å². The van der Waals surface area contributed by atoms with Gasteiger partial charge in [-0.15, -0.1) is 11.8 Å². The van der Waals surface area contributed by atoms with E-state index in [-0.39, 0.29) is 22.1 Å². The lowest BCUT2D eigenvalue weighted by atomic mass is 9.86. The zero-order chi connectivity index (χ0) is 19.0. The lowest BCUT2D eigenvalue weighted by molar-refractivity contribution is -0.150. The fraction of sp³-hybridized carbons (Fsp3) is 0.600. The summed E-state index contributed by atoms with van der Waals surface area (Å²) < 4.78 is 0. The molecule has 0 saturated carbocycles. The third kappa shape index (κ3) is 4.78. The van der Waals surface area contributed by atoms with Crippen LogP contribution in [0.4, 0.5) is 0 Å². The summed E-state index contributed by atoms with van der Waals surface area (Å²) in [5, 5.41) is 9.31.